The van der Waals surface area contributed by atoms with Crippen LogP contribution in [0.15, 0.2) is 53.4 Å². The molecule has 0 unspecified atom stereocenters. The third-order valence-corrected chi connectivity index (χ3v) is 4.40. The zero-order chi connectivity index (χ0) is 14.6. The highest BCUT2D eigenvalue weighted by molar-refractivity contribution is 7.89. The third-order valence-electron chi connectivity index (χ3n) is 2.94. The molecule has 0 aliphatic carbocycles. The highest BCUT2D eigenvalue weighted by Gasteiger charge is 2.12. The van der Waals surface area contributed by atoms with Gasteiger partial charge in [-0.3, -0.25) is 0 Å². The average molecular weight is 291 g/mol. The lowest BCUT2D eigenvalue weighted by Crippen LogP contribution is -2.26. The van der Waals surface area contributed by atoms with Crippen LogP contribution in [0.3, 0.4) is 0 Å². The molecular formula is C15H17NO3S. The molecule has 0 fully saturated rings. The van der Waals surface area contributed by atoms with Crippen LogP contribution in [-0.4, -0.2) is 20.1 Å². The van der Waals surface area contributed by atoms with Crippen molar-refractivity contribution in [1.82, 2.24) is 4.72 Å². The molecule has 2 aromatic rings. The summed E-state index contributed by atoms with van der Waals surface area (Å²) in [6.07, 6.45) is 0.575. The Balaban J connectivity index is 1.98. The van der Waals surface area contributed by atoms with Crippen molar-refractivity contribution in [3.05, 3.63) is 59.7 Å². The Morgan fingerprint density at radius 3 is 2.45 bits per heavy atom. The number of phenolic OH excluding ortho intramolecular Hbond substituents is 1. The Labute approximate surface area is 119 Å². The van der Waals surface area contributed by atoms with Crippen LogP contribution in [0.5, 0.6) is 5.75 Å². The van der Waals surface area contributed by atoms with Gasteiger partial charge in [0, 0.05) is 6.54 Å². The van der Waals surface area contributed by atoms with Crippen LogP contribution in [0.4, 0.5) is 0 Å². The van der Waals surface area contributed by atoms with Gasteiger partial charge in [-0.1, -0.05) is 24.3 Å². The van der Waals surface area contributed by atoms with E-state index in [1.54, 1.807) is 42.5 Å². The monoisotopic (exact) mass is 291 g/mol. The molecule has 0 spiro atoms. The van der Waals surface area contributed by atoms with E-state index < -0.39 is 10.0 Å². The van der Waals surface area contributed by atoms with Crippen LogP contribution in [-0.2, 0) is 16.4 Å². The first-order valence-electron chi connectivity index (χ1n) is 6.32. The molecule has 4 nitrogen and oxygen atoms in total. The van der Waals surface area contributed by atoms with Crippen LogP contribution < -0.4 is 4.72 Å². The minimum atomic E-state index is -3.46. The minimum Gasteiger partial charge on any atom is -0.508 e. The summed E-state index contributed by atoms with van der Waals surface area (Å²) in [4.78, 5) is 0.281. The zero-order valence-electron chi connectivity index (χ0n) is 11.2. The molecule has 20 heavy (non-hydrogen) atoms. The van der Waals surface area contributed by atoms with Gasteiger partial charge in [0.15, 0.2) is 0 Å². The number of hydrogen-bond donors (Lipinski definition) is 2. The van der Waals surface area contributed by atoms with E-state index >= 15 is 0 Å². The van der Waals surface area contributed by atoms with Crippen LogP contribution in [0.1, 0.15) is 11.1 Å². The molecular weight excluding hydrogens is 274 g/mol. The second-order valence-electron chi connectivity index (χ2n) is 4.63. The highest BCUT2D eigenvalue weighted by atomic mass is 32.2. The van der Waals surface area contributed by atoms with Gasteiger partial charge < -0.3 is 5.11 Å². The van der Waals surface area contributed by atoms with Crippen molar-refractivity contribution in [3.8, 4) is 5.75 Å². The molecule has 0 radical (unpaired) electrons. The van der Waals surface area contributed by atoms with Crippen molar-refractivity contribution in [1.29, 1.82) is 0 Å². The number of nitrogens with one attached hydrogen (secondary N) is 1. The molecule has 0 heterocycles. The standard InChI is InChI=1S/C15H17NO3S/c1-12-3-2-4-15(11-12)20(18,19)16-10-9-13-5-7-14(17)8-6-13/h2-8,11,16-17H,9-10H2,1H3. The van der Waals surface area contributed by atoms with Gasteiger partial charge in [0.05, 0.1) is 4.90 Å². The molecule has 0 saturated heterocycles. The van der Waals surface area contributed by atoms with Gasteiger partial charge in [-0.25, -0.2) is 13.1 Å². The first kappa shape index (κ1) is 14.6. The fourth-order valence-electron chi connectivity index (χ4n) is 1.86. The van der Waals surface area contributed by atoms with Gasteiger partial charge in [-0.15, -0.1) is 0 Å². The topological polar surface area (TPSA) is 66.4 Å². The molecule has 0 aliphatic rings. The fraction of sp³-hybridized carbons (Fsp3) is 0.200. The molecule has 0 bridgehead atoms. The smallest absolute Gasteiger partial charge is 0.240 e. The third kappa shape index (κ3) is 3.82. The van der Waals surface area contributed by atoms with Gasteiger partial charge in [0.1, 0.15) is 5.75 Å². The van der Waals surface area contributed by atoms with Crippen molar-refractivity contribution in [2.45, 2.75) is 18.2 Å². The minimum absolute atomic E-state index is 0.203. The molecule has 2 N–H and O–H groups in total. The maximum absolute atomic E-state index is 12.1. The van der Waals surface area contributed by atoms with E-state index in [0.29, 0.717) is 13.0 Å². The number of phenols is 1. The first-order chi connectivity index (χ1) is 9.47. The summed E-state index contributed by atoms with van der Waals surface area (Å²) < 4.78 is 26.7. The molecule has 0 saturated carbocycles. The number of rotatable bonds is 5. The van der Waals surface area contributed by atoms with E-state index in [9.17, 15) is 13.5 Å². The SMILES string of the molecule is Cc1cccc(S(=O)(=O)NCCc2ccc(O)cc2)c1. The lowest BCUT2D eigenvalue weighted by molar-refractivity contribution is 0.475. The summed E-state index contributed by atoms with van der Waals surface area (Å²) in [5, 5.41) is 9.17. The van der Waals surface area contributed by atoms with Gasteiger partial charge in [0.25, 0.3) is 0 Å². The summed E-state index contributed by atoms with van der Waals surface area (Å²) in [5.41, 5.74) is 1.88. The van der Waals surface area contributed by atoms with Crippen molar-refractivity contribution < 1.29 is 13.5 Å². The lowest BCUT2D eigenvalue weighted by Gasteiger charge is -2.07. The van der Waals surface area contributed by atoms with E-state index in [-0.39, 0.29) is 10.6 Å². The molecule has 0 aliphatic heterocycles. The van der Waals surface area contributed by atoms with E-state index in [0.717, 1.165) is 11.1 Å². The summed E-state index contributed by atoms with van der Waals surface area (Å²) in [5.74, 6) is 0.203. The van der Waals surface area contributed by atoms with E-state index in [1.165, 1.54) is 0 Å². The number of benzene rings is 2. The lowest BCUT2D eigenvalue weighted by atomic mass is 10.1. The van der Waals surface area contributed by atoms with Gasteiger partial charge in [-0.05, 0) is 48.7 Å². The van der Waals surface area contributed by atoms with Gasteiger partial charge >= 0.3 is 0 Å². The molecule has 0 aromatic heterocycles. The summed E-state index contributed by atoms with van der Waals surface area (Å²) in [7, 11) is -3.46. The van der Waals surface area contributed by atoms with Crippen LogP contribution in [0, 0.1) is 6.92 Å². The second-order valence-corrected chi connectivity index (χ2v) is 6.40. The number of aromatic hydroxyl groups is 1. The van der Waals surface area contributed by atoms with Crippen molar-refractivity contribution in [2.75, 3.05) is 6.54 Å². The number of sulfonamides is 1. The van der Waals surface area contributed by atoms with Crippen molar-refractivity contribution >= 4 is 10.0 Å². The zero-order valence-corrected chi connectivity index (χ0v) is 12.0. The Hall–Kier alpha value is -1.85. The van der Waals surface area contributed by atoms with E-state index in [4.69, 9.17) is 0 Å². The number of aryl methyl sites for hydroxylation is 1. The van der Waals surface area contributed by atoms with Crippen LogP contribution in [0.25, 0.3) is 0 Å². The number of hydrogen-bond acceptors (Lipinski definition) is 3. The van der Waals surface area contributed by atoms with Crippen LogP contribution in [0.2, 0.25) is 0 Å². The van der Waals surface area contributed by atoms with E-state index in [2.05, 4.69) is 4.72 Å². The molecule has 5 heteroatoms. The summed E-state index contributed by atoms with van der Waals surface area (Å²) >= 11 is 0. The first-order valence-corrected chi connectivity index (χ1v) is 7.80. The van der Waals surface area contributed by atoms with Crippen molar-refractivity contribution in [3.63, 3.8) is 0 Å². The highest BCUT2D eigenvalue weighted by Crippen LogP contribution is 2.12. The van der Waals surface area contributed by atoms with Gasteiger partial charge in [-0.2, -0.15) is 0 Å². The fourth-order valence-corrected chi connectivity index (χ4v) is 2.99. The molecule has 2 aromatic carbocycles. The largest absolute Gasteiger partial charge is 0.508 e. The Morgan fingerprint density at radius 1 is 1.10 bits per heavy atom. The van der Waals surface area contributed by atoms with Gasteiger partial charge in [0.2, 0.25) is 10.0 Å². The summed E-state index contributed by atoms with van der Waals surface area (Å²) in [6, 6.07) is 13.5. The Morgan fingerprint density at radius 2 is 1.80 bits per heavy atom. The normalized spacial score (nSPS) is 11.4. The Kier molecular flexibility index (Phi) is 4.42. The maximum Gasteiger partial charge on any atom is 0.240 e. The van der Waals surface area contributed by atoms with Crippen molar-refractivity contribution in [2.24, 2.45) is 0 Å². The molecule has 0 amide bonds. The summed E-state index contributed by atoms with van der Waals surface area (Å²) in [6.45, 7) is 2.18. The second kappa shape index (κ2) is 6.07. The Bertz CT molecular complexity index is 679. The van der Waals surface area contributed by atoms with Crippen LogP contribution >= 0.6 is 0 Å². The molecule has 0 atom stereocenters. The van der Waals surface area contributed by atoms with E-state index in [1.807, 2.05) is 13.0 Å². The molecule has 106 valence electrons. The predicted molar refractivity (Wildman–Crippen MR) is 78.2 cm³/mol. The predicted octanol–water partition coefficient (Wildman–Crippen LogP) is 2.22. The molecule has 2 rings (SSSR count). The maximum atomic E-state index is 12.1. The average Bonchev–Trinajstić information content (AvgIpc) is 2.41. The quantitative estimate of drug-likeness (QED) is 0.887.